The number of esters is 1. The molecule has 7 nitrogen and oxygen atoms in total. The number of nitrogens with two attached hydrogens (primary N) is 1. The van der Waals surface area contributed by atoms with Crippen LogP contribution in [-0.2, 0) is 19.2 Å². The highest BCUT2D eigenvalue weighted by Crippen LogP contribution is 2.30. The van der Waals surface area contributed by atoms with E-state index in [1.807, 2.05) is 6.07 Å². The van der Waals surface area contributed by atoms with Crippen molar-refractivity contribution in [2.45, 2.75) is 46.1 Å². The van der Waals surface area contributed by atoms with Crippen molar-refractivity contribution in [2.24, 2.45) is 11.3 Å². The molecule has 0 aromatic carbocycles. The molecule has 0 rings (SSSR count). The molecular weight excluding hydrogens is 250 g/mol. The average molecular weight is 269 g/mol. The van der Waals surface area contributed by atoms with Gasteiger partial charge in [-0.2, -0.15) is 11.2 Å². The first kappa shape index (κ1) is 17.1. The number of carbonyl (C=O) groups excluding carboxylic acids is 2. The summed E-state index contributed by atoms with van der Waals surface area (Å²) < 4.78 is 5.20. The van der Waals surface area contributed by atoms with E-state index >= 15 is 0 Å². The Kier molecular flexibility index (Phi) is 5.65. The fraction of sp³-hybridized carbons (Fsp3) is 0.667. The molecule has 0 fully saturated rings. The van der Waals surface area contributed by atoms with E-state index in [1.165, 1.54) is 6.92 Å². The SMILES string of the molecule is CC(C)(C)OC(=O)C(C)(CC#N)CC(=N)C(=O)ON. The van der Waals surface area contributed by atoms with Gasteiger partial charge >= 0.3 is 11.9 Å². The molecule has 0 aliphatic heterocycles. The summed E-state index contributed by atoms with van der Waals surface area (Å²) in [6, 6.07) is 1.86. The lowest BCUT2D eigenvalue weighted by Crippen LogP contribution is -2.38. The van der Waals surface area contributed by atoms with Crippen LogP contribution in [0.1, 0.15) is 40.5 Å². The van der Waals surface area contributed by atoms with Gasteiger partial charge < -0.3 is 9.57 Å². The Morgan fingerprint density at radius 3 is 2.21 bits per heavy atom. The topological polar surface area (TPSA) is 126 Å². The Balaban J connectivity index is 5.06. The van der Waals surface area contributed by atoms with E-state index in [2.05, 4.69) is 10.7 Å². The van der Waals surface area contributed by atoms with Crippen molar-refractivity contribution in [3.8, 4) is 6.07 Å². The molecule has 0 aliphatic rings. The number of ether oxygens (including phenoxy) is 1. The minimum Gasteiger partial charge on any atom is -0.460 e. The van der Waals surface area contributed by atoms with Gasteiger partial charge in [-0.25, -0.2) is 4.79 Å². The van der Waals surface area contributed by atoms with E-state index in [-0.39, 0.29) is 12.8 Å². The van der Waals surface area contributed by atoms with Crippen LogP contribution in [0.3, 0.4) is 0 Å². The number of hydrogen-bond donors (Lipinski definition) is 2. The molecule has 0 aromatic rings. The van der Waals surface area contributed by atoms with Crippen LogP contribution in [0, 0.1) is 22.2 Å². The standard InChI is InChI=1S/C12H19N3O4/c1-11(2,3)18-10(17)12(4,5-6-13)7-8(14)9(16)19-15/h14H,5,7,15H2,1-4H3. The van der Waals surface area contributed by atoms with Crippen molar-refractivity contribution in [1.82, 2.24) is 0 Å². The van der Waals surface area contributed by atoms with Crippen LogP contribution in [-0.4, -0.2) is 23.3 Å². The summed E-state index contributed by atoms with van der Waals surface area (Å²) in [6.45, 7) is 6.54. The number of nitriles is 1. The molecule has 0 spiro atoms. The molecule has 0 aliphatic carbocycles. The summed E-state index contributed by atoms with van der Waals surface area (Å²) in [7, 11) is 0. The van der Waals surface area contributed by atoms with Crippen molar-refractivity contribution in [2.75, 3.05) is 0 Å². The molecule has 19 heavy (non-hydrogen) atoms. The van der Waals surface area contributed by atoms with Crippen molar-refractivity contribution in [1.29, 1.82) is 10.7 Å². The van der Waals surface area contributed by atoms with Gasteiger partial charge in [-0.05, 0) is 27.7 Å². The van der Waals surface area contributed by atoms with Gasteiger partial charge in [-0.3, -0.25) is 10.2 Å². The minimum atomic E-state index is -1.28. The molecule has 0 aromatic heterocycles. The Morgan fingerprint density at radius 1 is 1.32 bits per heavy atom. The quantitative estimate of drug-likeness (QED) is 0.436. The van der Waals surface area contributed by atoms with Gasteiger partial charge in [-0.1, -0.05) is 0 Å². The highest BCUT2D eigenvalue weighted by atomic mass is 16.7. The van der Waals surface area contributed by atoms with E-state index in [1.54, 1.807) is 20.8 Å². The first-order valence-electron chi connectivity index (χ1n) is 5.64. The van der Waals surface area contributed by atoms with E-state index in [9.17, 15) is 9.59 Å². The Bertz CT molecular complexity index is 420. The van der Waals surface area contributed by atoms with Crippen LogP contribution >= 0.6 is 0 Å². The van der Waals surface area contributed by atoms with Crippen LogP contribution in [0.15, 0.2) is 0 Å². The average Bonchev–Trinajstić information content (AvgIpc) is 2.25. The highest BCUT2D eigenvalue weighted by molar-refractivity contribution is 6.35. The number of carbonyl (C=O) groups is 2. The highest BCUT2D eigenvalue weighted by Gasteiger charge is 2.39. The maximum absolute atomic E-state index is 12.1. The molecular formula is C12H19N3O4. The number of nitrogens with zero attached hydrogens (tertiary/aromatic N) is 1. The monoisotopic (exact) mass is 269 g/mol. The summed E-state index contributed by atoms with van der Waals surface area (Å²) in [5.41, 5.74) is -2.48. The molecule has 1 atom stereocenters. The number of rotatable bonds is 5. The second kappa shape index (κ2) is 6.29. The van der Waals surface area contributed by atoms with Gasteiger partial charge in [0.1, 0.15) is 11.3 Å². The fourth-order valence-electron chi connectivity index (χ4n) is 1.32. The van der Waals surface area contributed by atoms with Crippen molar-refractivity contribution in [3.05, 3.63) is 0 Å². The molecule has 0 saturated carbocycles. The molecule has 1 unspecified atom stereocenters. The molecule has 3 N–H and O–H groups in total. The van der Waals surface area contributed by atoms with Gasteiger partial charge in [0.05, 0.1) is 17.9 Å². The van der Waals surface area contributed by atoms with Crippen molar-refractivity contribution in [3.63, 3.8) is 0 Å². The Morgan fingerprint density at radius 2 is 1.84 bits per heavy atom. The molecule has 0 amide bonds. The first-order chi connectivity index (χ1) is 8.55. The lowest BCUT2D eigenvalue weighted by Gasteiger charge is -2.29. The fourth-order valence-corrected chi connectivity index (χ4v) is 1.32. The van der Waals surface area contributed by atoms with Gasteiger partial charge in [0, 0.05) is 6.42 Å². The van der Waals surface area contributed by atoms with Crippen LogP contribution in [0.2, 0.25) is 0 Å². The molecule has 0 heterocycles. The zero-order valence-corrected chi connectivity index (χ0v) is 11.6. The summed E-state index contributed by atoms with van der Waals surface area (Å²) in [4.78, 5) is 27.1. The van der Waals surface area contributed by atoms with Crippen LogP contribution < -0.4 is 5.90 Å². The van der Waals surface area contributed by atoms with Crippen LogP contribution in [0.25, 0.3) is 0 Å². The predicted molar refractivity (Wildman–Crippen MR) is 66.8 cm³/mol. The molecule has 0 saturated heterocycles. The van der Waals surface area contributed by atoms with Crippen molar-refractivity contribution >= 4 is 17.7 Å². The largest absolute Gasteiger partial charge is 0.460 e. The third-order valence-corrected chi connectivity index (χ3v) is 2.28. The summed E-state index contributed by atoms with van der Waals surface area (Å²) in [6.07, 6.45) is -0.451. The molecule has 0 radical (unpaired) electrons. The second-order valence-corrected chi connectivity index (χ2v) is 5.46. The predicted octanol–water partition coefficient (Wildman–Crippen LogP) is 1.07. The van der Waals surface area contributed by atoms with E-state index < -0.39 is 28.7 Å². The van der Waals surface area contributed by atoms with Crippen LogP contribution in [0.4, 0.5) is 0 Å². The maximum Gasteiger partial charge on any atom is 0.370 e. The minimum absolute atomic E-state index is 0.178. The smallest absolute Gasteiger partial charge is 0.370 e. The number of nitrogens with one attached hydrogen (secondary N) is 1. The van der Waals surface area contributed by atoms with Gasteiger partial charge in [0.25, 0.3) is 0 Å². The third kappa shape index (κ3) is 5.48. The molecule has 7 heteroatoms. The van der Waals surface area contributed by atoms with E-state index in [0.29, 0.717) is 0 Å². The third-order valence-electron chi connectivity index (χ3n) is 2.28. The van der Waals surface area contributed by atoms with Crippen molar-refractivity contribution < 1.29 is 19.2 Å². The van der Waals surface area contributed by atoms with E-state index in [4.69, 9.17) is 15.4 Å². The second-order valence-electron chi connectivity index (χ2n) is 5.46. The summed E-state index contributed by atoms with van der Waals surface area (Å²) >= 11 is 0. The van der Waals surface area contributed by atoms with Gasteiger partial charge in [-0.15, -0.1) is 0 Å². The normalized spacial score (nSPS) is 13.9. The summed E-state index contributed by atoms with van der Waals surface area (Å²) in [5.74, 6) is 3.00. The molecule has 0 bridgehead atoms. The zero-order chi connectivity index (χ0) is 15.3. The Labute approximate surface area is 112 Å². The first-order valence-corrected chi connectivity index (χ1v) is 5.64. The van der Waals surface area contributed by atoms with Gasteiger partial charge in [0.2, 0.25) is 0 Å². The lowest BCUT2D eigenvalue weighted by atomic mass is 9.81. The Hall–Kier alpha value is -1.94. The van der Waals surface area contributed by atoms with Crippen LogP contribution in [0.5, 0.6) is 0 Å². The van der Waals surface area contributed by atoms with Gasteiger partial charge in [0.15, 0.2) is 0 Å². The lowest BCUT2D eigenvalue weighted by molar-refractivity contribution is -0.166. The number of hydrogen-bond acceptors (Lipinski definition) is 7. The molecule has 106 valence electrons. The van der Waals surface area contributed by atoms with E-state index in [0.717, 1.165) is 0 Å². The maximum atomic E-state index is 12.1. The summed E-state index contributed by atoms with van der Waals surface area (Å²) in [5, 5.41) is 16.3. The zero-order valence-electron chi connectivity index (χ0n) is 11.6.